The maximum atomic E-state index is 13.1. The summed E-state index contributed by atoms with van der Waals surface area (Å²) in [6, 6.07) is 17.4. The van der Waals surface area contributed by atoms with Crippen molar-refractivity contribution in [3.8, 4) is 5.75 Å². The number of anilines is 1. The molecule has 0 saturated carbocycles. The number of rotatable bonds is 6. The Balaban J connectivity index is 1.80. The molecule has 1 N–H and O–H groups in total. The Morgan fingerprint density at radius 1 is 1.06 bits per heavy atom. The zero-order valence-electron chi connectivity index (χ0n) is 17.4. The van der Waals surface area contributed by atoms with Crippen molar-refractivity contribution in [2.75, 3.05) is 11.5 Å². The standard InChI is InChI=1S/C25H23NO4S/c1-3-14-30-19-12-8-17(9-13-19)23(27)21-22(20-5-4-15-31-20)26(25(29)24(21)28)18-10-6-16(2)7-11-18/h4-13,15,22,27H,3,14H2,1-2H3/b23-21-. The number of carbonyl (C=O) groups is 2. The number of benzene rings is 2. The van der Waals surface area contributed by atoms with Crippen LogP contribution in [-0.4, -0.2) is 23.4 Å². The number of ketones is 1. The van der Waals surface area contributed by atoms with Gasteiger partial charge in [0.2, 0.25) is 0 Å². The monoisotopic (exact) mass is 433 g/mol. The maximum absolute atomic E-state index is 13.1. The third-order valence-corrected chi connectivity index (χ3v) is 6.09. The average Bonchev–Trinajstić information content (AvgIpc) is 3.40. The Labute approximate surface area is 185 Å². The van der Waals surface area contributed by atoms with E-state index in [0.29, 0.717) is 23.6 Å². The number of aryl methyl sites for hydroxylation is 1. The molecule has 158 valence electrons. The highest BCUT2D eigenvalue weighted by atomic mass is 32.1. The zero-order valence-corrected chi connectivity index (χ0v) is 18.2. The summed E-state index contributed by atoms with van der Waals surface area (Å²) in [4.78, 5) is 28.4. The quantitative estimate of drug-likeness (QED) is 0.318. The molecule has 5 nitrogen and oxygen atoms in total. The van der Waals surface area contributed by atoms with Crippen molar-refractivity contribution in [1.29, 1.82) is 0 Å². The number of nitrogens with zero attached hydrogens (tertiary/aromatic N) is 1. The highest BCUT2D eigenvalue weighted by Gasteiger charge is 2.47. The number of aliphatic hydroxyl groups is 1. The van der Waals surface area contributed by atoms with E-state index in [1.165, 1.54) is 16.2 Å². The largest absolute Gasteiger partial charge is 0.507 e. The SMILES string of the molecule is CCCOc1ccc(/C(O)=C2/C(=O)C(=O)N(c3ccc(C)cc3)C2c2cccs2)cc1. The van der Waals surface area contributed by atoms with E-state index < -0.39 is 17.7 Å². The number of thiophene rings is 1. The summed E-state index contributed by atoms with van der Waals surface area (Å²) in [6.07, 6.45) is 0.894. The maximum Gasteiger partial charge on any atom is 0.300 e. The highest BCUT2D eigenvalue weighted by molar-refractivity contribution is 7.10. The Hall–Kier alpha value is -3.38. The first-order valence-electron chi connectivity index (χ1n) is 10.2. The second-order valence-corrected chi connectivity index (χ2v) is 8.37. The van der Waals surface area contributed by atoms with Gasteiger partial charge < -0.3 is 9.84 Å². The molecule has 31 heavy (non-hydrogen) atoms. The van der Waals surface area contributed by atoms with Gasteiger partial charge in [0.05, 0.1) is 12.2 Å². The van der Waals surface area contributed by atoms with Crippen LogP contribution in [0.5, 0.6) is 5.75 Å². The summed E-state index contributed by atoms with van der Waals surface area (Å²) < 4.78 is 5.59. The lowest BCUT2D eigenvalue weighted by Crippen LogP contribution is -2.29. The number of hydrogen-bond acceptors (Lipinski definition) is 5. The number of aliphatic hydroxyl groups excluding tert-OH is 1. The highest BCUT2D eigenvalue weighted by Crippen LogP contribution is 2.43. The van der Waals surface area contributed by atoms with E-state index in [1.807, 2.05) is 55.6 Å². The third-order valence-electron chi connectivity index (χ3n) is 5.17. The summed E-state index contributed by atoms with van der Waals surface area (Å²) in [7, 11) is 0. The van der Waals surface area contributed by atoms with Crippen LogP contribution in [0.15, 0.2) is 71.6 Å². The molecule has 2 heterocycles. The normalized spacial score (nSPS) is 17.9. The van der Waals surface area contributed by atoms with Gasteiger partial charge in [0.25, 0.3) is 11.7 Å². The van der Waals surface area contributed by atoms with Crippen molar-refractivity contribution < 1.29 is 19.4 Å². The molecule has 1 saturated heterocycles. The third kappa shape index (κ3) is 3.99. The second kappa shape index (κ2) is 8.78. The molecule has 0 bridgehead atoms. The minimum Gasteiger partial charge on any atom is -0.507 e. The van der Waals surface area contributed by atoms with Gasteiger partial charge in [-0.25, -0.2) is 0 Å². The molecule has 4 rings (SSSR count). The molecular formula is C25H23NO4S. The van der Waals surface area contributed by atoms with E-state index in [9.17, 15) is 14.7 Å². The predicted octanol–water partition coefficient (Wildman–Crippen LogP) is 5.47. The topological polar surface area (TPSA) is 66.8 Å². The van der Waals surface area contributed by atoms with E-state index >= 15 is 0 Å². The van der Waals surface area contributed by atoms with Gasteiger partial charge in [-0.05, 0) is 61.2 Å². The molecule has 1 aliphatic heterocycles. The Kier molecular flexibility index (Phi) is 5.91. The van der Waals surface area contributed by atoms with Gasteiger partial charge in [0, 0.05) is 16.1 Å². The lowest BCUT2D eigenvalue weighted by atomic mass is 9.99. The first kappa shape index (κ1) is 20.9. The van der Waals surface area contributed by atoms with Crippen LogP contribution in [0.4, 0.5) is 5.69 Å². The Bertz CT molecular complexity index is 1120. The predicted molar refractivity (Wildman–Crippen MR) is 123 cm³/mol. The fourth-order valence-electron chi connectivity index (χ4n) is 3.60. The van der Waals surface area contributed by atoms with Crippen molar-refractivity contribution in [2.45, 2.75) is 26.3 Å². The molecule has 1 fully saturated rings. The summed E-state index contributed by atoms with van der Waals surface area (Å²) in [6.45, 7) is 4.59. The van der Waals surface area contributed by atoms with Crippen molar-refractivity contribution in [3.63, 3.8) is 0 Å². The smallest absolute Gasteiger partial charge is 0.300 e. The minimum atomic E-state index is -0.692. The van der Waals surface area contributed by atoms with Crippen LogP contribution in [0.3, 0.4) is 0 Å². The molecule has 0 aliphatic carbocycles. The van der Waals surface area contributed by atoms with E-state index in [2.05, 4.69) is 0 Å². The van der Waals surface area contributed by atoms with Gasteiger partial charge in [-0.1, -0.05) is 30.7 Å². The fraction of sp³-hybridized carbons (Fsp3) is 0.200. The van der Waals surface area contributed by atoms with Gasteiger partial charge in [-0.3, -0.25) is 14.5 Å². The van der Waals surface area contributed by atoms with Crippen molar-refractivity contribution >= 4 is 34.5 Å². The molecule has 1 aromatic heterocycles. The number of carbonyl (C=O) groups excluding carboxylic acids is 2. The lowest BCUT2D eigenvalue weighted by Gasteiger charge is -2.24. The van der Waals surface area contributed by atoms with Gasteiger partial charge in [0.15, 0.2) is 0 Å². The van der Waals surface area contributed by atoms with E-state index in [1.54, 1.807) is 24.3 Å². The van der Waals surface area contributed by atoms with Gasteiger partial charge in [0.1, 0.15) is 17.6 Å². The van der Waals surface area contributed by atoms with Crippen LogP contribution in [0.2, 0.25) is 0 Å². The lowest BCUT2D eigenvalue weighted by molar-refractivity contribution is -0.132. The number of hydrogen-bond donors (Lipinski definition) is 1. The van der Waals surface area contributed by atoms with E-state index in [-0.39, 0.29) is 11.3 Å². The molecule has 0 spiro atoms. The van der Waals surface area contributed by atoms with Crippen LogP contribution >= 0.6 is 11.3 Å². The second-order valence-electron chi connectivity index (χ2n) is 7.39. The zero-order chi connectivity index (χ0) is 22.0. The summed E-state index contributed by atoms with van der Waals surface area (Å²) in [5.41, 5.74) is 2.23. The molecule has 2 aromatic carbocycles. The number of ether oxygens (including phenoxy) is 1. The molecule has 1 amide bonds. The molecular weight excluding hydrogens is 410 g/mol. The molecule has 1 unspecified atom stereocenters. The summed E-state index contributed by atoms with van der Waals surface area (Å²) >= 11 is 1.44. The van der Waals surface area contributed by atoms with Gasteiger partial charge in [-0.2, -0.15) is 0 Å². The van der Waals surface area contributed by atoms with Crippen molar-refractivity contribution in [2.24, 2.45) is 0 Å². The molecule has 1 aliphatic rings. The molecule has 3 aromatic rings. The average molecular weight is 434 g/mol. The molecule has 0 radical (unpaired) electrons. The first-order chi connectivity index (χ1) is 15.0. The van der Waals surface area contributed by atoms with Crippen molar-refractivity contribution in [1.82, 2.24) is 0 Å². The number of Topliss-reactive ketones (excluding diaryl/α,β-unsaturated/α-hetero) is 1. The van der Waals surface area contributed by atoms with Gasteiger partial charge in [-0.15, -0.1) is 11.3 Å². The van der Waals surface area contributed by atoms with Crippen LogP contribution in [0.25, 0.3) is 5.76 Å². The Morgan fingerprint density at radius 3 is 2.39 bits per heavy atom. The van der Waals surface area contributed by atoms with Crippen LogP contribution in [0.1, 0.15) is 35.4 Å². The summed E-state index contributed by atoms with van der Waals surface area (Å²) in [5.74, 6) is -0.837. The molecule has 6 heteroatoms. The van der Waals surface area contributed by atoms with E-state index in [4.69, 9.17) is 4.74 Å². The summed E-state index contributed by atoms with van der Waals surface area (Å²) in [5, 5.41) is 13.0. The van der Waals surface area contributed by atoms with Crippen LogP contribution in [0, 0.1) is 6.92 Å². The van der Waals surface area contributed by atoms with Gasteiger partial charge >= 0.3 is 0 Å². The van der Waals surface area contributed by atoms with E-state index in [0.717, 1.165) is 16.9 Å². The van der Waals surface area contributed by atoms with Crippen LogP contribution in [-0.2, 0) is 9.59 Å². The number of amides is 1. The minimum absolute atomic E-state index is 0.0928. The van der Waals surface area contributed by atoms with Crippen LogP contribution < -0.4 is 9.64 Å². The van der Waals surface area contributed by atoms with Crippen molar-refractivity contribution in [3.05, 3.63) is 87.6 Å². The first-order valence-corrected chi connectivity index (χ1v) is 11.0. The fourth-order valence-corrected chi connectivity index (χ4v) is 4.43. The molecule has 1 atom stereocenters. The Morgan fingerprint density at radius 2 is 1.77 bits per heavy atom.